The zero-order valence-corrected chi connectivity index (χ0v) is 12.7. The number of hydrogen-bond acceptors (Lipinski definition) is 5. The lowest BCUT2D eigenvalue weighted by atomic mass is 10.2. The van der Waals surface area contributed by atoms with Crippen molar-refractivity contribution in [1.29, 1.82) is 0 Å². The van der Waals surface area contributed by atoms with Crippen LogP contribution in [0.5, 0.6) is 0 Å². The zero-order valence-electron chi connectivity index (χ0n) is 12.7. The molecule has 1 saturated heterocycles. The number of pyridine rings is 1. The standard InChI is InChI=1S/C16H21N3O3/c1-2-22-15(21)16(7-8-16)18-14(20)13-11-19(13)10-6-12-5-3-4-9-17-12/h3-5,9,13H,2,6-8,10-11H2,1H3,(H,18,20). The summed E-state index contributed by atoms with van der Waals surface area (Å²) in [4.78, 5) is 30.4. The van der Waals surface area contributed by atoms with Crippen LogP contribution in [0, 0.1) is 0 Å². The predicted molar refractivity (Wildman–Crippen MR) is 80.0 cm³/mol. The average Bonchev–Trinajstić information content (AvgIpc) is 3.42. The number of rotatable bonds is 7. The van der Waals surface area contributed by atoms with Gasteiger partial charge in [0.15, 0.2) is 0 Å². The summed E-state index contributed by atoms with van der Waals surface area (Å²) in [5.74, 6) is -0.365. The largest absolute Gasteiger partial charge is 0.464 e. The molecular weight excluding hydrogens is 282 g/mol. The molecular formula is C16H21N3O3. The highest BCUT2D eigenvalue weighted by Crippen LogP contribution is 2.37. The first-order valence-electron chi connectivity index (χ1n) is 7.78. The van der Waals surface area contributed by atoms with Gasteiger partial charge in [0.1, 0.15) is 11.6 Å². The van der Waals surface area contributed by atoms with Gasteiger partial charge >= 0.3 is 5.97 Å². The molecule has 1 aromatic heterocycles. The van der Waals surface area contributed by atoms with Gasteiger partial charge in [-0.15, -0.1) is 0 Å². The van der Waals surface area contributed by atoms with Crippen LogP contribution in [0.15, 0.2) is 24.4 Å². The van der Waals surface area contributed by atoms with Crippen LogP contribution in [0.4, 0.5) is 0 Å². The maximum Gasteiger partial charge on any atom is 0.331 e. The summed E-state index contributed by atoms with van der Waals surface area (Å²) in [7, 11) is 0. The van der Waals surface area contributed by atoms with Gasteiger partial charge in [-0.05, 0) is 31.9 Å². The number of nitrogens with zero attached hydrogens (tertiary/aromatic N) is 2. The Balaban J connectivity index is 1.44. The normalized spacial score (nSPS) is 24.4. The predicted octanol–water partition coefficient (Wildman–Crippen LogP) is 0.520. The molecule has 0 bridgehead atoms. The van der Waals surface area contributed by atoms with Crippen molar-refractivity contribution in [3.05, 3.63) is 30.1 Å². The molecule has 2 unspecified atom stereocenters. The third-order valence-electron chi connectivity index (χ3n) is 4.18. The van der Waals surface area contributed by atoms with Crippen LogP contribution in [-0.4, -0.2) is 53.0 Å². The molecule has 1 saturated carbocycles. The van der Waals surface area contributed by atoms with Crippen LogP contribution in [0.3, 0.4) is 0 Å². The molecule has 22 heavy (non-hydrogen) atoms. The third-order valence-corrected chi connectivity index (χ3v) is 4.18. The van der Waals surface area contributed by atoms with Gasteiger partial charge in [0.25, 0.3) is 0 Å². The number of esters is 1. The molecule has 2 fully saturated rings. The Morgan fingerprint density at radius 2 is 2.27 bits per heavy atom. The molecule has 6 heteroatoms. The van der Waals surface area contributed by atoms with Crippen molar-refractivity contribution in [3.63, 3.8) is 0 Å². The molecule has 1 aliphatic carbocycles. The second-order valence-electron chi connectivity index (χ2n) is 5.87. The molecule has 2 aliphatic rings. The van der Waals surface area contributed by atoms with E-state index < -0.39 is 5.54 Å². The first-order chi connectivity index (χ1) is 10.6. The molecule has 3 rings (SSSR count). The Labute approximate surface area is 129 Å². The summed E-state index contributed by atoms with van der Waals surface area (Å²) < 4.78 is 5.03. The van der Waals surface area contributed by atoms with E-state index in [0.717, 1.165) is 25.2 Å². The maximum atomic E-state index is 12.2. The highest BCUT2D eigenvalue weighted by Gasteiger charge is 2.55. The van der Waals surface area contributed by atoms with Crippen LogP contribution in [0.2, 0.25) is 0 Å². The summed E-state index contributed by atoms with van der Waals surface area (Å²) in [6.45, 7) is 3.67. The number of amides is 1. The van der Waals surface area contributed by atoms with Gasteiger partial charge in [-0.2, -0.15) is 0 Å². The minimum atomic E-state index is -0.748. The molecule has 2 atom stereocenters. The topological polar surface area (TPSA) is 71.3 Å². The van der Waals surface area contributed by atoms with Crippen molar-refractivity contribution in [1.82, 2.24) is 15.2 Å². The highest BCUT2D eigenvalue weighted by atomic mass is 16.5. The first-order valence-corrected chi connectivity index (χ1v) is 7.78. The van der Waals surface area contributed by atoms with E-state index in [9.17, 15) is 9.59 Å². The van der Waals surface area contributed by atoms with Crippen molar-refractivity contribution in [2.75, 3.05) is 19.7 Å². The maximum absolute atomic E-state index is 12.2. The number of nitrogens with one attached hydrogen (secondary N) is 1. The van der Waals surface area contributed by atoms with Crippen LogP contribution < -0.4 is 5.32 Å². The Morgan fingerprint density at radius 1 is 1.45 bits per heavy atom. The van der Waals surface area contributed by atoms with E-state index in [4.69, 9.17) is 4.74 Å². The number of carbonyl (C=O) groups is 2. The fraction of sp³-hybridized carbons (Fsp3) is 0.562. The number of hydrogen-bond donors (Lipinski definition) is 1. The summed E-state index contributed by atoms with van der Waals surface area (Å²) in [6, 6.07) is 5.72. The molecule has 118 valence electrons. The second-order valence-corrected chi connectivity index (χ2v) is 5.87. The van der Waals surface area contributed by atoms with E-state index in [1.54, 1.807) is 13.1 Å². The Kier molecular flexibility index (Phi) is 4.11. The van der Waals surface area contributed by atoms with E-state index in [1.165, 1.54) is 0 Å². The van der Waals surface area contributed by atoms with E-state index in [0.29, 0.717) is 19.4 Å². The zero-order chi connectivity index (χ0) is 15.6. The summed E-state index contributed by atoms with van der Waals surface area (Å²) >= 11 is 0. The smallest absolute Gasteiger partial charge is 0.331 e. The van der Waals surface area contributed by atoms with E-state index in [1.807, 2.05) is 18.2 Å². The van der Waals surface area contributed by atoms with Crippen molar-refractivity contribution < 1.29 is 14.3 Å². The van der Waals surface area contributed by atoms with Crippen molar-refractivity contribution in [2.24, 2.45) is 0 Å². The van der Waals surface area contributed by atoms with Crippen LogP contribution in [0.25, 0.3) is 0 Å². The van der Waals surface area contributed by atoms with Gasteiger partial charge < -0.3 is 10.1 Å². The number of ether oxygens (including phenoxy) is 1. The molecule has 0 aromatic carbocycles. The highest BCUT2D eigenvalue weighted by molar-refractivity contribution is 5.93. The molecule has 1 aromatic rings. The van der Waals surface area contributed by atoms with E-state index >= 15 is 0 Å². The minimum Gasteiger partial charge on any atom is -0.464 e. The lowest BCUT2D eigenvalue weighted by Crippen LogP contribution is -2.46. The molecule has 2 heterocycles. The van der Waals surface area contributed by atoms with Crippen molar-refractivity contribution >= 4 is 11.9 Å². The molecule has 1 amide bonds. The Bertz CT molecular complexity index is 557. The molecule has 0 spiro atoms. The van der Waals surface area contributed by atoms with Gasteiger partial charge in [0.05, 0.1) is 6.61 Å². The SMILES string of the molecule is CCOC(=O)C1(NC(=O)C2CN2CCc2ccccn2)CC1. The fourth-order valence-electron chi connectivity index (χ4n) is 2.57. The lowest BCUT2D eigenvalue weighted by molar-refractivity contribution is -0.148. The van der Waals surface area contributed by atoms with Gasteiger partial charge in [0, 0.05) is 31.4 Å². The van der Waals surface area contributed by atoms with Crippen molar-refractivity contribution in [3.8, 4) is 0 Å². The third kappa shape index (κ3) is 3.27. The van der Waals surface area contributed by atoms with Crippen LogP contribution in [0.1, 0.15) is 25.5 Å². The Morgan fingerprint density at radius 3 is 2.91 bits per heavy atom. The minimum absolute atomic E-state index is 0.0634. The lowest BCUT2D eigenvalue weighted by Gasteiger charge is -2.15. The summed E-state index contributed by atoms with van der Waals surface area (Å²) in [5, 5.41) is 2.87. The van der Waals surface area contributed by atoms with Gasteiger partial charge in [0.2, 0.25) is 5.91 Å². The molecule has 6 nitrogen and oxygen atoms in total. The van der Waals surface area contributed by atoms with Gasteiger partial charge in [-0.25, -0.2) is 4.79 Å². The average molecular weight is 303 g/mol. The molecule has 1 N–H and O–H groups in total. The molecule has 0 radical (unpaired) electrons. The second kappa shape index (κ2) is 6.04. The monoisotopic (exact) mass is 303 g/mol. The van der Waals surface area contributed by atoms with Gasteiger partial charge in [-0.3, -0.25) is 14.7 Å². The van der Waals surface area contributed by atoms with Crippen LogP contribution in [-0.2, 0) is 20.7 Å². The van der Waals surface area contributed by atoms with Crippen molar-refractivity contribution in [2.45, 2.75) is 37.8 Å². The van der Waals surface area contributed by atoms with E-state index in [2.05, 4.69) is 15.2 Å². The summed E-state index contributed by atoms with van der Waals surface area (Å²) in [6.07, 6.45) is 3.96. The quantitative estimate of drug-likeness (QED) is 0.587. The van der Waals surface area contributed by atoms with Gasteiger partial charge in [-0.1, -0.05) is 6.07 Å². The fourth-order valence-corrected chi connectivity index (χ4v) is 2.57. The first kappa shape index (κ1) is 15.0. The summed E-state index contributed by atoms with van der Waals surface area (Å²) in [5.41, 5.74) is 0.279. The number of aromatic nitrogens is 1. The number of carbonyl (C=O) groups excluding carboxylic acids is 2. The van der Waals surface area contributed by atoms with E-state index in [-0.39, 0.29) is 17.9 Å². The van der Waals surface area contributed by atoms with Crippen LogP contribution >= 0.6 is 0 Å². The molecule has 1 aliphatic heterocycles. The Hall–Kier alpha value is -1.95.